The molecule has 0 fully saturated rings. The van der Waals surface area contributed by atoms with Crippen LogP contribution in [0.15, 0.2) is 24.3 Å². The number of ether oxygens (including phenoxy) is 2. The number of halogens is 1. The smallest absolute Gasteiger partial charge is 0.157 e. The summed E-state index contributed by atoms with van der Waals surface area (Å²) in [5, 5.41) is 14.0. The van der Waals surface area contributed by atoms with Gasteiger partial charge in [0.25, 0.3) is 0 Å². The molecule has 0 aliphatic rings. The molecule has 1 aromatic heterocycles. The molecule has 0 aliphatic carbocycles. The number of benzene rings is 1. The fraction of sp³-hybridized carbons (Fsp3) is 0.429. The third-order valence-electron chi connectivity index (χ3n) is 2.70. The maximum absolute atomic E-state index is 5.94. The molecule has 1 aromatic carbocycles. The van der Waals surface area contributed by atoms with E-state index in [1.54, 1.807) is 13.2 Å². The zero-order valence-corrected chi connectivity index (χ0v) is 13.6. The molecule has 1 atom stereocenters. The number of hydrogen-bond donors (Lipinski definition) is 1. The van der Waals surface area contributed by atoms with Crippen LogP contribution in [0.4, 0.5) is 0 Å². The minimum atomic E-state index is -0.159. The summed E-state index contributed by atoms with van der Waals surface area (Å²) >= 11 is 7.48. The number of hydrogen-bond acceptors (Lipinski definition) is 6. The average Bonchev–Trinajstić information content (AvgIpc) is 2.93. The second-order valence-corrected chi connectivity index (χ2v) is 5.95. The quantitative estimate of drug-likeness (QED) is 0.755. The fourth-order valence-electron chi connectivity index (χ4n) is 1.67. The van der Waals surface area contributed by atoms with E-state index < -0.39 is 0 Å². The van der Waals surface area contributed by atoms with Crippen molar-refractivity contribution in [2.24, 2.45) is 0 Å². The SMILES string of the molecule is COCCNCc1nnc(C(C)Oc2cccc(Cl)c2)s1. The monoisotopic (exact) mass is 327 g/mol. The van der Waals surface area contributed by atoms with Crippen LogP contribution in [-0.4, -0.2) is 30.5 Å². The van der Waals surface area contributed by atoms with Crippen LogP contribution in [-0.2, 0) is 11.3 Å². The first-order valence-electron chi connectivity index (χ1n) is 6.63. The van der Waals surface area contributed by atoms with Gasteiger partial charge in [0, 0.05) is 25.2 Å². The van der Waals surface area contributed by atoms with Gasteiger partial charge in [0.2, 0.25) is 0 Å². The fourth-order valence-corrected chi connectivity index (χ4v) is 2.64. The summed E-state index contributed by atoms with van der Waals surface area (Å²) in [6.45, 7) is 4.11. The summed E-state index contributed by atoms with van der Waals surface area (Å²) in [7, 11) is 1.68. The molecule has 0 saturated heterocycles. The van der Waals surface area contributed by atoms with Crippen molar-refractivity contribution in [3.63, 3.8) is 0 Å². The second kappa shape index (κ2) is 8.29. The highest BCUT2D eigenvalue weighted by atomic mass is 35.5. The average molecular weight is 328 g/mol. The van der Waals surface area contributed by atoms with Gasteiger partial charge >= 0.3 is 0 Å². The van der Waals surface area contributed by atoms with Gasteiger partial charge in [-0.1, -0.05) is 29.0 Å². The highest BCUT2D eigenvalue weighted by Gasteiger charge is 2.13. The minimum Gasteiger partial charge on any atom is -0.483 e. The maximum atomic E-state index is 5.94. The molecule has 0 aliphatic heterocycles. The van der Waals surface area contributed by atoms with E-state index in [4.69, 9.17) is 21.1 Å². The molecule has 2 aromatic rings. The first-order valence-corrected chi connectivity index (χ1v) is 7.82. The predicted octanol–water partition coefficient (Wildman–Crippen LogP) is 3.07. The van der Waals surface area contributed by atoms with Crippen molar-refractivity contribution in [2.45, 2.75) is 19.6 Å². The Bertz CT molecular complexity index is 565. The lowest BCUT2D eigenvalue weighted by Gasteiger charge is -2.11. The summed E-state index contributed by atoms with van der Waals surface area (Å²) in [4.78, 5) is 0. The van der Waals surface area contributed by atoms with Crippen LogP contribution in [0.1, 0.15) is 23.0 Å². The van der Waals surface area contributed by atoms with Crippen LogP contribution in [0, 0.1) is 0 Å². The lowest BCUT2D eigenvalue weighted by atomic mass is 10.3. The Hall–Kier alpha value is -1.21. The summed E-state index contributed by atoms with van der Waals surface area (Å²) in [5.41, 5.74) is 0. The molecule has 5 nitrogen and oxygen atoms in total. The van der Waals surface area contributed by atoms with Crippen LogP contribution < -0.4 is 10.1 Å². The van der Waals surface area contributed by atoms with Crippen molar-refractivity contribution in [1.82, 2.24) is 15.5 Å². The number of rotatable bonds is 8. The maximum Gasteiger partial charge on any atom is 0.157 e. The molecular formula is C14H18ClN3O2S. The highest BCUT2D eigenvalue weighted by molar-refractivity contribution is 7.11. The largest absolute Gasteiger partial charge is 0.483 e. The van der Waals surface area contributed by atoms with Gasteiger partial charge in [0.15, 0.2) is 5.01 Å². The van der Waals surface area contributed by atoms with E-state index in [1.165, 1.54) is 11.3 Å². The van der Waals surface area contributed by atoms with E-state index in [1.807, 2.05) is 25.1 Å². The molecule has 0 spiro atoms. The molecule has 0 radical (unpaired) electrons. The van der Waals surface area contributed by atoms with Gasteiger partial charge in [-0.2, -0.15) is 0 Å². The molecule has 1 unspecified atom stereocenters. The zero-order chi connectivity index (χ0) is 15.1. The van der Waals surface area contributed by atoms with Gasteiger partial charge in [-0.05, 0) is 25.1 Å². The number of nitrogens with zero attached hydrogens (tertiary/aromatic N) is 2. The summed E-state index contributed by atoms with van der Waals surface area (Å²) in [6.07, 6.45) is -0.159. The van der Waals surface area contributed by atoms with E-state index in [9.17, 15) is 0 Å². The molecule has 2 rings (SSSR count). The van der Waals surface area contributed by atoms with E-state index in [2.05, 4.69) is 15.5 Å². The molecule has 114 valence electrons. The third-order valence-corrected chi connectivity index (χ3v) is 4.02. The van der Waals surface area contributed by atoms with Crippen molar-refractivity contribution in [1.29, 1.82) is 0 Å². The van der Waals surface area contributed by atoms with Crippen molar-refractivity contribution in [3.05, 3.63) is 39.3 Å². The molecule has 1 N–H and O–H groups in total. The van der Waals surface area contributed by atoms with Gasteiger partial charge in [-0.25, -0.2) is 0 Å². The Morgan fingerprint density at radius 2 is 2.24 bits per heavy atom. The van der Waals surface area contributed by atoms with Gasteiger partial charge < -0.3 is 14.8 Å². The molecule has 0 amide bonds. The van der Waals surface area contributed by atoms with Gasteiger partial charge in [0.1, 0.15) is 16.9 Å². The Labute approximate surface area is 133 Å². The van der Waals surface area contributed by atoms with E-state index in [-0.39, 0.29) is 6.10 Å². The van der Waals surface area contributed by atoms with Crippen LogP contribution in [0.2, 0.25) is 5.02 Å². The summed E-state index contributed by atoms with van der Waals surface area (Å²) in [5.74, 6) is 0.727. The van der Waals surface area contributed by atoms with E-state index >= 15 is 0 Å². The molecular weight excluding hydrogens is 310 g/mol. The van der Waals surface area contributed by atoms with Crippen molar-refractivity contribution >= 4 is 22.9 Å². The topological polar surface area (TPSA) is 56.3 Å². The molecule has 0 bridgehead atoms. The van der Waals surface area contributed by atoms with E-state index in [0.29, 0.717) is 18.2 Å². The summed E-state index contributed by atoms with van der Waals surface area (Å²) < 4.78 is 10.8. The first kappa shape index (κ1) is 16.2. The normalized spacial score (nSPS) is 12.3. The van der Waals surface area contributed by atoms with Crippen LogP contribution in [0.3, 0.4) is 0 Å². The zero-order valence-electron chi connectivity index (χ0n) is 12.0. The van der Waals surface area contributed by atoms with Gasteiger partial charge in [-0.3, -0.25) is 0 Å². The minimum absolute atomic E-state index is 0.159. The predicted molar refractivity (Wildman–Crippen MR) is 84.0 cm³/mol. The van der Waals surface area contributed by atoms with Crippen molar-refractivity contribution in [3.8, 4) is 5.75 Å². The number of methoxy groups -OCH3 is 1. The first-order chi connectivity index (χ1) is 10.2. The Balaban J connectivity index is 1.88. The lowest BCUT2D eigenvalue weighted by Crippen LogP contribution is -2.18. The van der Waals surface area contributed by atoms with Gasteiger partial charge in [0.05, 0.1) is 6.61 Å². The Morgan fingerprint density at radius 3 is 3.00 bits per heavy atom. The van der Waals surface area contributed by atoms with Crippen LogP contribution >= 0.6 is 22.9 Å². The van der Waals surface area contributed by atoms with Gasteiger partial charge in [-0.15, -0.1) is 10.2 Å². The summed E-state index contributed by atoms with van der Waals surface area (Å²) in [6, 6.07) is 7.33. The van der Waals surface area contributed by atoms with Crippen molar-refractivity contribution < 1.29 is 9.47 Å². The molecule has 21 heavy (non-hydrogen) atoms. The molecule has 1 heterocycles. The van der Waals surface area contributed by atoms with Crippen LogP contribution in [0.25, 0.3) is 0 Å². The van der Waals surface area contributed by atoms with Crippen molar-refractivity contribution in [2.75, 3.05) is 20.3 Å². The second-order valence-electron chi connectivity index (χ2n) is 4.42. The molecule has 7 heteroatoms. The standard InChI is InChI=1S/C14H18ClN3O2S/c1-10(20-12-5-3-4-11(15)8-12)14-18-17-13(21-14)9-16-6-7-19-2/h3-5,8,10,16H,6-7,9H2,1-2H3. The van der Waals surface area contributed by atoms with Crippen LogP contribution in [0.5, 0.6) is 5.75 Å². The van der Waals surface area contributed by atoms with E-state index in [0.717, 1.165) is 22.3 Å². The number of nitrogens with one attached hydrogen (secondary N) is 1. The highest BCUT2D eigenvalue weighted by Crippen LogP contribution is 2.25. The Morgan fingerprint density at radius 1 is 1.38 bits per heavy atom. The Kier molecular flexibility index (Phi) is 6.38. The molecule has 0 saturated carbocycles. The third kappa shape index (κ3) is 5.24. The lowest BCUT2D eigenvalue weighted by molar-refractivity contribution is 0.199. The number of aromatic nitrogens is 2.